The molecule has 1 saturated heterocycles. The average molecular weight is 197 g/mol. The first kappa shape index (κ1) is 9.12. The van der Waals surface area contributed by atoms with Gasteiger partial charge in [0, 0.05) is 24.0 Å². The highest BCUT2D eigenvalue weighted by atomic mass is 32.1. The lowest BCUT2D eigenvalue weighted by Gasteiger charge is -2.08. The van der Waals surface area contributed by atoms with E-state index in [0.29, 0.717) is 6.04 Å². The van der Waals surface area contributed by atoms with Gasteiger partial charge in [-0.2, -0.15) is 4.37 Å². The van der Waals surface area contributed by atoms with Crippen LogP contribution in [0.4, 0.5) is 0 Å². The Labute approximate surface area is 82.7 Å². The lowest BCUT2D eigenvalue weighted by Crippen LogP contribution is -2.30. The van der Waals surface area contributed by atoms with Crippen molar-refractivity contribution >= 4 is 11.5 Å². The Kier molecular flexibility index (Phi) is 2.93. The Morgan fingerprint density at radius 1 is 1.77 bits per heavy atom. The number of rotatable bonds is 3. The maximum absolute atomic E-state index is 4.34. The standard InChI is InChI=1S/C9H15N3S/c1-7-4-9(12-13-7)6-11-8-2-3-10-5-8/h4,8,10-11H,2-3,5-6H2,1H3. The van der Waals surface area contributed by atoms with E-state index >= 15 is 0 Å². The van der Waals surface area contributed by atoms with Crippen molar-refractivity contribution in [1.82, 2.24) is 15.0 Å². The molecule has 0 spiro atoms. The topological polar surface area (TPSA) is 37.0 Å². The van der Waals surface area contributed by atoms with Crippen LogP contribution in [0.15, 0.2) is 6.07 Å². The van der Waals surface area contributed by atoms with Crippen LogP contribution in [0.5, 0.6) is 0 Å². The molecule has 0 bridgehead atoms. The molecular formula is C9H15N3S. The minimum Gasteiger partial charge on any atom is -0.315 e. The molecule has 13 heavy (non-hydrogen) atoms. The van der Waals surface area contributed by atoms with Gasteiger partial charge in [-0.3, -0.25) is 0 Å². The fourth-order valence-electron chi connectivity index (χ4n) is 1.58. The van der Waals surface area contributed by atoms with Crippen LogP contribution in [-0.4, -0.2) is 23.5 Å². The molecule has 0 saturated carbocycles. The predicted molar refractivity (Wildman–Crippen MR) is 55.0 cm³/mol. The summed E-state index contributed by atoms with van der Waals surface area (Å²) in [6, 6.07) is 2.79. The molecule has 0 aliphatic carbocycles. The van der Waals surface area contributed by atoms with E-state index in [0.717, 1.165) is 19.6 Å². The first-order valence-electron chi connectivity index (χ1n) is 4.71. The van der Waals surface area contributed by atoms with Crippen molar-refractivity contribution in [3.8, 4) is 0 Å². The Bertz CT molecular complexity index is 266. The van der Waals surface area contributed by atoms with E-state index in [1.165, 1.54) is 17.0 Å². The molecule has 0 radical (unpaired) electrons. The molecule has 1 unspecified atom stereocenters. The third kappa shape index (κ3) is 2.49. The SMILES string of the molecule is Cc1cc(CNC2CCNC2)ns1. The van der Waals surface area contributed by atoms with E-state index in [9.17, 15) is 0 Å². The Balaban J connectivity index is 1.78. The third-order valence-electron chi connectivity index (χ3n) is 2.31. The summed E-state index contributed by atoms with van der Waals surface area (Å²) >= 11 is 1.58. The van der Waals surface area contributed by atoms with E-state index in [1.807, 2.05) is 0 Å². The first-order valence-corrected chi connectivity index (χ1v) is 5.48. The van der Waals surface area contributed by atoms with Crippen molar-refractivity contribution < 1.29 is 0 Å². The van der Waals surface area contributed by atoms with Gasteiger partial charge in [0.25, 0.3) is 0 Å². The second-order valence-electron chi connectivity index (χ2n) is 3.50. The molecule has 3 nitrogen and oxygen atoms in total. The number of aromatic nitrogens is 1. The van der Waals surface area contributed by atoms with Crippen molar-refractivity contribution in [3.05, 3.63) is 16.6 Å². The average Bonchev–Trinajstić information content (AvgIpc) is 2.71. The normalized spacial score (nSPS) is 22.4. The van der Waals surface area contributed by atoms with Crippen molar-refractivity contribution in [2.75, 3.05) is 13.1 Å². The van der Waals surface area contributed by atoms with Crippen LogP contribution in [-0.2, 0) is 6.54 Å². The van der Waals surface area contributed by atoms with E-state index in [1.54, 1.807) is 11.5 Å². The van der Waals surface area contributed by atoms with Crippen LogP contribution in [0.3, 0.4) is 0 Å². The molecule has 4 heteroatoms. The first-order chi connectivity index (χ1) is 6.34. The molecule has 2 heterocycles. The summed E-state index contributed by atoms with van der Waals surface area (Å²) in [5.41, 5.74) is 1.18. The minimum atomic E-state index is 0.641. The lowest BCUT2D eigenvalue weighted by atomic mass is 10.2. The fourth-order valence-corrected chi connectivity index (χ4v) is 2.15. The van der Waals surface area contributed by atoms with Crippen LogP contribution in [0.1, 0.15) is 17.0 Å². The number of nitrogens with zero attached hydrogens (tertiary/aromatic N) is 1. The molecule has 1 aromatic rings. The summed E-state index contributed by atoms with van der Waals surface area (Å²) < 4.78 is 4.34. The monoisotopic (exact) mass is 197 g/mol. The van der Waals surface area contributed by atoms with Crippen LogP contribution >= 0.6 is 11.5 Å². The smallest absolute Gasteiger partial charge is 0.0682 e. The highest BCUT2D eigenvalue weighted by molar-refractivity contribution is 7.05. The van der Waals surface area contributed by atoms with Gasteiger partial charge in [0.05, 0.1) is 5.69 Å². The fraction of sp³-hybridized carbons (Fsp3) is 0.667. The number of nitrogens with one attached hydrogen (secondary N) is 2. The summed E-state index contributed by atoms with van der Waals surface area (Å²) in [6.07, 6.45) is 1.24. The number of aryl methyl sites for hydroxylation is 1. The zero-order valence-corrected chi connectivity index (χ0v) is 8.66. The van der Waals surface area contributed by atoms with E-state index in [2.05, 4.69) is 28.0 Å². The van der Waals surface area contributed by atoms with Gasteiger partial charge >= 0.3 is 0 Å². The summed E-state index contributed by atoms with van der Waals surface area (Å²) in [5.74, 6) is 0. The zero-order valence-electron chi connectivity index (χ0n) is 7.84. The molecule has 1 aromatic heterocycles. The molecular weight excluding hydrogens is 182 g/mol. The Hall–Kier alpha value is -0.450. The quantitative estimate of drug-likeness (QED) is 0.756. The Morgan fingerprint density at radius 3 is 3.31 bits per heavy atom. The minimum absolute atomic E-state index is 0.641. The van der Waals surface area contributed by atoms with E-state index in [4.69, 9.17) is 0 Å². The lowest BCUT2D eigenvalue weighted by molar-refractivity contribution is 0.543. The van der Waals surface area contributed by atoms with Gasteiger partial charge in [-0.05, 0) is 37.5 Å². The molecule has 0 amide bonds. The maximum Gasteiger partial charge on any atom is 0.0682 e. The molecule has 0 aromatic carbocycles. The van der Waals surface area contributed by atoms with Gasteiger partial charge in [-0.25, -0.2) is 0 Å². The van der Waals surface area contributed by atoms with Gasteiger partial charge in [-0.1, -0.05) is 0 Å². The second-order valence-corrected chi connectivity index (χ2v) is 4.51. The summed E-state index contributed by atoms with van der Waals surface area (Å²) in [7, 11) is 0. The molecule has 2 N–H and O–H groups in total. The van der Waals surface area contributed by atoms with Gasteiger partial charge in [-0.15, -0.1) is 0 Å². The van der Waals surface area contributed by atoms with Crippen molar-refractivity contribution in [1.29, 1.82) is 0 Å². The second kappa shape index (κ2) is 4.17. The van der Waals surface area contributed by atoms with Crippen molar-refractivity contribution in [2.24, 2.45) is 0 Å². The zero-order chi connectivity index (χ0) is 9.10. The highest BCUT2D eigenvalue weighted by Gasteiger charge is 2.13. The third-order valence-corrected chi connectivity index (χ3v) is 3.04. The maximum atomic E-state index is 4.34. The van der Waals surface area contributed by atoms with Crippen molar-refractivity contribution in [3.63, 3.8) is 0 Å². The Morgan fingerprint density at radius 2 is 2.69 bits per heavy atom. The largest absolute Gasteiger partial charge is 0.315 e. The summed E-state index contributed by atoms with van der Waals surface area (Å²) in [5, 5.41) is 6.83. The summed E-state index contributed by atoms with van der Waals surface area (Å²) in [4.78, 5) is 1.29. The van der Waals surface area contributed by atoms with Crippen molar-refractivity contribution in [2.45, 2.75) is 25.9 Å². The van der Waals surface area contributed by atoms with Gasteiger partial charge in [0.15, 0.2) is 0 Å². The summed E-state index contributed by atoms with van der Waals surface area (Å²) in [6.45, 7) is 5.26. The predicted octanol–water partition coefficient (Wildman–Crippen LogP) is 0.903. The molecule has 2 rings (SSSR count). The van der Waals surface area contributed by atoms with Crippen LogP contribution in [0.25, 0.3) is 0 Å². The van der Waals surface area contributed by atoms with E-state index < -0.39 is 0 Å². The van der Waals surface area contributed by atoms with Crippen LogP contribution in [0.2, 0.25) is 0 Å². The van der Waals surface area contributed by atoms with Gasteiger partial charge < -0.3 is 10.6 Å². The number of hydrogen-bond donors (Lipinski definition) is 2. The van der Waals surface area contributed by atoms with Gasteiger partial charge in [0.1, 0.15) is 0 Å². The number of hydrogen-bond acceptors (Lipinski definition) is 4. The van der Waals surface area contributed by atoms with Crippen LogP contribution < -0.4 is 10.6 Å². The molecule has 1 atom stereocenters. The molecule has 72 valence electrons. The van der Waals surface area contributed by atoms with E-state index in [-0.39, 0.29) is 0 Å². The highest BCUT2D eigenvalue weighted by Crippen LogP contribution is 2.08. The molecule has 1 fully saturated rings. The van der Waals surface area contributed by atoms with Gasteiger partial charge in [0.2, 0.25) is 0 Å². The van der Waals surface area contributed by atoms with Crippen LogP contribution in [0, 0.1) is 6.92 Å². The molecule has 1 aliphatic heterocycles. The molecule has 1 aliphatic rings.